The van der Waals surface area contributed by atoms with E-state index in [-0.39, 0.29) is 6.29 Å². The number of anilines is 1. The summed E-state index contributed by atoms with van der Waals surface area (Å²) in [4.78, 5) is 4.12. The van der Waals surface area contributed by atoms with Gasteiger partial charge in [0.05, 0.1) is 30.8 Å². The van der Waals surface area contributed by atoms with Gasteiger partial charge in [0.1, 0.15) is 0 Å². The van der Waals surface area contributed by atoms with Crippen LogP contribution in [-0.4, -0.2) is 23.4 Å². The SMILES string of the molecule is Cc1cc(C2OCCO2)ncc1NO. The maximum atomic E-state index is 8.72. The number of hydrogen-bond donors (Lipinski definition) is 2. The molecule has 1 aliphatic rings. The molecule has 0 radical (unpaired) electrons. The van der Waals surface area contributed by atoms with Crippen LogP contribution in [0.15, 0.2) is 12.3 Å². The van der Waals surface area contributed by atoms with Crippen LogP contribution in [-0.2, 0) is 9.47 Å². The zero-order chi connectivity index (χ0) is 9.97. The fourth-order valence-electron chi connectivity index (χ4n) is 1.35. The summed E-state index contributed by atoms with van der Waals surface area (Å²) < 4.78 is 10.6. The van der Waals surface area contributed by atoms with Gasteiger partial charge in [-0.1, -0.05) is 0 Å². The van der Waals surface area contributed by atoms with Gasteiger partial charge in [0.25, 0.3) is 0 Å². The molecule has 1 saturated heterocycles. The van der Waals surface area contributed by atoms with Crippen molar-refractivity contribution in [2.24, 2.45) is 0 Å². The summed E-state index contributed by atoms with van der Waals surface area (Å²) in [6.07, 6.45) is 1.19. The summed E-state index contributed by atoms with van der Waals surface area (Å²) in [5, 5.41) is 8.72. The second-order valence-corrected chi connectivity index (χ2v) is 3.11. The van der Waals surface area contributed by atoms with E-state index >= 15 is 0 Å². The van der Waals surface area contributed by atoms with E-state index in [0.717, 1.165) is 11.3 Å². The summed E-state index contributed by atoms with van der Waals surface area (Å²) in [6, 6.07) is 1.83. The Morgan fingerprint density at radius 3 is 2.79 bits per heavy atom. The standard InChI is InChI=1S/C9H12N2O3/c1-6-4-7(9-13-2-3-14-9)10-5-8(6)11-12/h4-5,9,11-12H,2-3H2,1H3. The van der Waals surface area contributed by atoms with Crippen molar-refractivity contribution in [2.45, 2.75) is 13.2 Å². The lowest BCUT2D eigenvalue weighted by Gasteiger charge is -2.10. The Bertz CT molecular complexity index is 324. The number of rotatable bonds is 2. The minimum atomic E-state index is -0.360. The predicted octanol–water partition coefficient (Wildman–Crippen LogP) is 1.24. The molecule has 1 aliphatic heterocycles. The van der Waals surface area contributed by atoms with Crippen LogP contribution in [0.3, 0.4) is 0 Å². The first-order valence-corrected chi connectivity index (χ1v) is 4.41. The van der Waals surface area contributed by atoms with Gasteiger partial charge < -0.3 is 9.47 Å². The molecule has 1 aromatic rings. The van der Waals surface area contributed by atoms with E-state index in [2.05, 4.69) is 10.5 Å². The molecule has 5 nitrogen and oxygen atoms in total. The second-order valence-electron chi connectivity index (χ2n) is 3.11. The molecular weight excluding hydrogens is 184 g/mol. The van der Waals surface area contributed by atoms with Crippen LogP contribution in [0.5, 0.6) is 0 Å². The second kappa shape index (κ2) is 3.91. The normalized spacial score (nSPS) is 17.3. The van der Waals surface area contributed by atoms with Gasteiger partial charge >= 0.3 is 0 Å². The average Bonchev–Trinajstić information content (AvgIpc) is 2.70. The van der Waals surface area contributed by atoms with E-state index in [1.165, 1.54) is 0 Å². The molecule has 76 valence electrons. The highest BCUT2D eigenvalue weighted by atomic mass is 16.7. The first-order chi connectivity index (χ1) is 6.81. The van der Waals surface area contributed by atoms with Crippen molar-refractivity contribution in [1.82, 2.24) is 4.98 Å². The molecule has 0 aliphatic carbocycles. The van der Waals surface area contributed by atoms with E-state index in [0.29, 0.717) is 18.9 Å². The molecule has 2 heterocycles. The summed E-state index contributed by atoms with van der Waals surface area (Å²) in [7, 11) is 0. The summed E-state index contributed by atoms with van der Waals surface area (Å²) in [5.74, 6) is 0. The third kappa shape index (κ3) is 1.70. The molecule has 0 aromatic carbocycles. The van der Waals surface area contributed by atoms with Gasteiger partial charge in [-0.15, -0.1) is 0 Å². The van der Waals surface area contributed by atoms with Crippen molar-refractivity contribution >= 4 is 5.69 Å². The zero-order valence-corrected chi connectivity index (χ0v) is 7.86. The Morgan fingerprint density at radius 2 is 2.21 bits per heavy atom. The Morgan fingerprint density at radius 1 is 1.50 bits per heavy atom. The highest BCUT2D eigenvalue weighted by Gasteiger charge is 2.19. The first kappa shape index (κ1) is 9.39. The molecule has 5 heteroatoms. The van der Waals surface area contributed by atoms with Gasteiger partial charge in [-0.2, -0.15) is 0 Å². The van der Waals surface area contributed by atoms with Gasteiger partial charge in [0.2, 0.25) is 6.29 Å². The molecule has 0 unspecified atom stereocenters. The van der Waals surface area contributed by atoms with Gasteiger partial charge in [-0.3, -0.25) is 15.7 Å². The van der Waals surface area contributed by atoms with Crippen LogP contribution in [0.1, 0.15) is 17.5 Å². The van der Waals surface area contributed by atoms with Crippen LogP contribution in [0, 0.1) is 6.92 Å². The third-order valence-corrected chi connectivity index (χ3v) is 2.12. The average molecular weight is 196 g/mol. The molecule has 2 N–H and O–H groups in total. The van der Waals surface area contributed by atoms with Crippen molar-refractivity contribution in [3.8, 4) is 0 Å². The highest BCUT2D eigenvalue weighted by molar-refractivity contribution is 5.47. The molecule has 0 bridgehead atoms. The number of hydrogen-bond acceptors (Lipinski definition) is 5. The highest BCUT2D eigenvalue weighted by Crippen LogP contribution is 2.24. The molecule has 0 amide bonds. The lowest BCUT2D eigenvalue weighted by molar-refractivity contribution is -0.0473. The van der Waals surface area contributed by atoms with Crippen LogP contribution < -0.4 is 5.48 Å². The molecule has 0 spiro atoms. The Labute approximate surface area is 81.6 Å². The molecule has 1 aromatic heterocycles. The Hall–Kier alpha value is -1.17. The molecule has 2 rings (SSSR count). The Kier molecular flexibility index (Phi) is 2.62. The van der Waals surface area contributed by atoms with E-state index in [9.17, 15) is 0 Å². The van der Waals surface area contributed by atoms with Crippen molar-refractivity contribution < 1.29 is 14.7 Å². The van der Waals surface area contributed by atoms with E-state index < -0.39 is 0 Å². The van der Waals surface area contributed by atoms with E-state index in [1.54, 1.807) is 6.20 Å². The summed E-state index contributed by atoms with van der Waals surface area (Å²) in [5.41, 5.74) is 4.29. The summed E-state index contributed by atoms with van der Waals surface area (Å²) in [6.45, 7) is 3.08. The van der Waals surface area contributed by atoms with E-state index in [1.807, 2.05) is 13.0 Å². The minimum Gasteiger partial charge on any atom is -0.345 e. The monoisotopic (exact) mass is 196 g/mol. The number of nitrogens with zero attached hydrogens (tertiary/aromatic N) is 1. The van der Waals surface area contributed by atoms with Crippen molar-refractivity contribution in [1.29, 1.82) is 0 Å². The lowest BCUT2D eigenvalue weighted by Crippen LogP contribution is -2.03. The van der Waals surface area contributed by atoms with Gasteiger partial charge in [0.15, 0.2) is 0 Å². The lowest BCUT2D eigenvalue weighted by atomic mass is 10.2. The quantitative estimate of drug-likeness (QED) is 0.697. The molecule has 1 fully saturated rings. The molecule has 0 saturated carbocycles. The number of aryl methyl sites for hydroxylation is 1. The van der Waals surface area contributed by atoms with Crippen molar-refractivity contribution in [2.75, 3.05) is 18.7 Å². The number of ether oxygens (including phenoxy) is 2. The molecular formula is C9H12N2O3. The largest absolute Gasteiger partial charge is 0.345 e. The van der Waals surface area contributed by atoms with Crippen LogP contribution in [0.25, 0.3) is 0 Å². The van der Waals surface area contributed by atoms with Crippen molar-refractivity contribution in [3.05, 3.63) is 23.5 Å². The molecule has 0 atom stereocenters. The maximum Gasteiger partial charge on any atom is 0.201 e. The molecule has 14 heavy (non-hydrogen) atoms. The fraction of sp³-hybridized carbons (Fsp3) is 0.444. The van der Waals surface area contributed by atoms with Gasteiger partial charge in [-0.25, -0.2) is 0 Å². The van der Waals surface area contributed by atoms with Crippen LogP contribution >= 0.6 is 0 Å². The first-order valence-electron chi connectivity index (χ1n) is 4.41. The van der Waals surface area contributed by atoms with Crippen molar-refractivity contribution in [3.63, 3.8) is 0 Å². The maximum absolute atomic E-state index is 8.72. The van der Waals surface area contributed by atoms with E-state index in [4.69, 9.17) is 14.7 Å². The number of pyridine rings is 1. The predicted molar refractivity (Wildman–Crippen MR) is 49.0 cm³/mol. The smallest absolute Gasteiger partial charge is 0.201 e. The number of aromatic nitrogens is 1. The third-order valence-electron chi connectivity index (χ3n) is 2.12. The fourth-order valence-corrected chi connectivity index (χ4v) is 1.35. The van der Waals surface area contributed by atoms with Crippen LogP contribution in [0.4, 0.5) is 5.69 Å². The topological polar surface area (TPSA) is 63.6 Å². The van der Waals surface area contributed by atoms with Gasteiger partial charge in [-0.05, 0) is 18.6 Å². The number of nitrogens with one attached hydrogen (secondary N) is 1. The van der Waals surface area contributed by atoms with Gasteiger partial charge in [0, 0.05) is 0 Å². The van der Waals surface area contributed by atoms with Crippen LogP contribution in [0.2, 0.25) is 0 Å². The summed E-state index contributed by atoms with van der Waals surface area (Å²) >= 11 is 0. The minimum absolute atomic E-state index is 0.360. The Balaban J connectivity index is 2.23. The zero-order valence-electron chi connectivity index (χ0n) is 7.86.